The van der Waals surface area contributed by atoms with Gasteiger partial charge in [0, 0.05) is 0 Å². The Balaban J connectivity index is 0. The van der Waals surface area contributed by atoms with Gasteiger partial charge in [-0.2, -0.15) is 0 Å². The Labute approximate surface area is 107 Å². The minimum atomic E-state index is -0.573. The van der Waals surface area contributed by atoms with Crippen LogP contribution in [0.1, 0.15) is 47.5 Å². The van der Waals surface area contributed by atoms with Crippen molar-refractivity contribution in [3.05, 3.63) is 24.3 Å². The van der Waals surface area contributed by atoms with Gasteiger partial charge in [-0.25, -0.2) is 0 Å². The van der Waals surface area contributed by atoms with Gasteiger partial charge in [-0.15, -0.1) is 0 Å². The molecule has 0 aromatic rings. The second-order valence-electron chi connectivity index (χ2n) is 4.73. The number of aliphatic hydroxyl groups excluding tert-OH is 2. The van der Waals surface area contributed by atoms with Crippen LogP contribution in [0.3, 0.4) is 0 Å². The summed E-state index contributed by atoms with van der Waals surface area (Å²) in [5.74, 6) is 0.970. The lowest BCUT2D eigenvalue weighted by atomic mass is 10.0. The van der Waals surface area contributed by atoms with E-state index in [1.807, 2.05) is 26.0 Å². The highest BCUT2D eigenvalue weighted by Crippen LogP contribution is 2.07. The van der Waals surface area contributed by atoms with Gasteiger partial charge in [-0.1, -0.05) is 45.1 Å². The Hall–Kier alpha value is -0.600. The van der Waals surface area contributed by atoms with Crippen molar-refractivity contribution in [2.24, 2.45) is 11.8 Å². The summed E-state index contributed by atoms with van der Waals surface area (Å²) in [6.45, 7) is 10.2. The van der Waals surface area contributed by atoms with Crippen LogP contribution in [-0.2, 0) is 0 Å². The van der Waals surface area contributed by atoms with E-state index >= 15 is 0 Å². The van der Waals surface area contributed by atoms with Gasteiger partial charge in [0.15, 0.2) is 0 Å². The van der Waals surface area contributed by atoms with Crippen LogP contribution in [0, 0.1) is 11.8 Å². The Kier molecular flexibility index (Phi) is 14.9. The molecular formula is C15H30O2. The largest absolute Gasteiger partial charge is 0.394 e. The summed E-state index contributed by atoms with van der Waals surface area (Å²) < 4.78 is 0. The van der Waals surface area contributed by atoms with E-state index in [2.05, 4.69) is 32.9 Å². The first-order valence-electron chi connectivity index (χ1n) is 6.50. The van der Waals surface area contributed by atoms with Crippen molar-refractivity contribution in [1.82, 2.24) is 0 Å². The molecule has 0 amide bonds. The molecular weight excluding hydrogens is 212 g/mol. The standard InChI is InChI=1S/C8H16O2.C7H14/c1-3-4-5-7(2)8(10)6-9;1-4-5-6-7(2)3/h3-4,7-10H,5-6H2,1-2H3;4-5,7H,6H2,1-3H3. The van der Waals surface area contributed by atoms with E-state index in [9.17, 15) is 0 Å². The van der Waals surface area contributed by atoms with Gasteiger partial charge in [-0.3, -0.25) is 0 Å². The first-order valence-corrected chi connectivity index (χ1v) is 6.50. The lowest BCUT2D eigenvalue weighted by molar-refractivity contribution is 0.0544. The maximum absolute atomic E-state index is 9.07. The van der Waals surface area contributed by atoms with E-state index in [1.54, 1.807) is 0 Å². The van der Waals surface area contributed by atoms with Crippen LogP contribution in [0.25, 0.3) is 0 Å². The van der Waals surface area contributed by atoms with Gasteiger partial charge in [0.05, 0.1) is 12.7 Å². The average molecular weight is 242 g/mol. The summed E-state index contributed by atoms with van der Waals surface area (Å²) in [7, 11) is 0. The van der Waals surface area contributed by atoms with E-state index in [0.717, 1.165) is 12.3 Å². The van der Waals surface area contributed by atoms with Gasteiger partial charge < -0.3 is 10.2 Å². The molecule has 0 aliphatic carbocycles. The normalized spacial score (nSPS) is 15.1. The molecule has 2 N–H and O–H groups in total. The molecule has 2 unspecified atom stereocenters. The summed E-state index contributed by atoms with van der Waals surface area (Å²) in [4.78, 5) is 0. The molecule has 0 aliphatic heterocycles. The average Bonchev–Trinajstić information content (AvgIpc) is 2.32. The van der Waals surface area contributed by atoms with E-state index in [4.69, 9.17) is 10.2 Å². The smallest absolute Gasteiger partial charge is 0.0799 e. The Bertz CT molecular complexity index is 195. The van der Waals surface area contributed by atoms with Crippen molar-refractivity contribution < 1.29 is 10.2 Å². The first kappa shape index (κ1) is 18.8. The van der Waals surface area contributed by atoms with Crippen LogP contribution < -0.4 is 0 Å². The van der Waals surface area contributed by atoms with Gasteiger partial charge in [0.2, 0.25) is 0 Å². The predicted octanol–water partition coefficient (Wildman–Crippen LogP) is 3.55. The van der Waals surface area contributed by atoms with Crippen LogP contribution in [0.5, 0.6) is 0 Å². The molecule has 102 valence electrons. The van der Waals surface area contributed by atoms with Gasteiger partial charge in [0.1, 0.15) is 0 Å². The lowest BCUT2D eigenvalue weighted by Gasteiger charge is -2.13. The molecule has 2 nitrogen and oxygen atoms in total. The predicted molar refractivity (Wildman–Crippen MR) is 76.0 cm³/mol. The van der Waals surface area contributed by atoms with Gasteiger partial charge >= 0.3 is 0 Å². The Morgan fingerprint density at radius 2 is 1.41 bits per heavy atom. The molecule has 17 heavy (non-hydrogen) atoms. The molecule has 0 aromatic carbocycles. The molecule has 0 saturated heterocycles. The van der Waals surface area contributed by atoms with Crippen LogP contribution in [-0.4, -0.2) is 22.9 Å². The summed E-state index contributed by atoms with van der Waals surface area (Å²) in [5.41, 5.74) is 0. The number of rotatable bonds is 6. The highest BCUT2D eigenvalue weighted by molar-refractivity contribution is 4.81. The number of aliphatic hydroxyl groups is 2. The third-order valence-electron chi connectivity index (χ3n) is 2.43. The van der Waals surface area contributed by atoms with E-state index in [0.29, 0.717) is 0 Å². The Morgan fingerprint density at radius 3 is 1.71 bits per heavy atom. The molecule has 0 aromatic heterocycles. The molecule has 2 atom stereocenters. The molecule has 0 bridgehead atoms. The fourth-order valence-corrected chi connectivity index (χ4v) is 1.10. The molecule has 0 rings (SSSR count). The van der Waals surface area contributed by atoms with Crippen molar-refractivity contribution in [3.63, 3.8) is 0 Å². The van der Waals surface area contributed by atoms with Crippen molar-refractivity contribution in [1.29, 1.82) is 0 Å². The van der Waals surface area contributed by atoms with Gasteiger partial charge in [-0.05, 0) is 38.5 Å². The number of hydrogen-bond acceptors (Lipinski definition) is 2. The molecule has 0 aliphatic rings. The zero-order valence-corrected chi connectivity index (χ0v) is 12.1. The lowest BCUT2D eigenvalue weighted by Crippen LogP contribution is -2.20. The maximum atomic E-state index is 9.07. The monoisotopic (exact) mass is 242 g/mol. The van der Waals surface area contributed by atoms with Crippen molar-refractivity contribution in [2.75, 3.05) is 6.61 Å². The number of hydrogen-bond donors (Lipinski definition) is 2. The minimum Gasteiger partial charge on any atom is -0.394 e. The second-order valence-corrected chi connectivity index (χ2v) is 4.73. The van der Waals surface area contributed by atoms with Crippen molar-refractivity contribution in [2.45, 2.75) is 53.6 Å². The van der Waals surface area contributed by atoms with Gasteiger partial charge in [0.25, 0.3) is 0 Å². The summed E-state index contributed by atoms with van der Waals surface area (Å²) in [6.07, 6.45) is 9.71. The maximum Gasteiger partial charge on any atom is 0.0799 e. The highest BCUT2D eigenvalue weighted by Gasteiger charge is 2.10. The minimum absolute atomic E-state index is 0.140. The topological polar surface area (TPSA) is 40.5 Å². The second kappa shape index (κ2) is 13.5. The third kappa shape index (κ3) is 15.4. The number of allylic oxidation sites excluding steroid dienone is 4. The Morgan fingerprint density at radius 1 is 0.941 bits per heavy atom. The van der Waals surface area contributed by atoms with E-state index in [-0.39, 0.29) is 12.5 Å². The van der Waals surface area contributed by atoms with E-state index < -0.39 is 6.10 Å². The van der Waals surface area contributed by atoms with Crippen LogP contribution in [0.15, 0.2) is 24.3 Å². The van der Waals surface area contributed by atoms with Crippen LogP contribution in [0.4, 0.5) is 0 Å². The van der Waals surface area contributed by atoms with Crippen molar-refractivity contribution >= 4 is 0 Å². The summed E-state index contributed by atoms with van der Waals surface area (Å²) in [6, 6.07) is 0. The quantitative estimate of drug-likeness (QED) is 0.699. The summed E-state index contributed by atoms with van der Waals surface area (Å²) >= 11 is 0. The van der Waals surface area contributed by atoms with Crippen LogP contribution in [0.2, 0.25) is 0 Å². The van der Waals surface area contributed by atoms with Crippen LogP contribution >= 0.6 is 0 Å². The molecule has 0 radical (unpaired) electrons. The molecule has 0 saturated carbocycles. The van der Waals surface area contributed by atoms with E-state index in [1.165, 1.54) is 6.42 Å². The molecule has 0 spiro atoms. The molecule has 2 heteroatoms. The highest BCUT2D eigenvalue weighted by atomic mass is 16.3. The fraction of sp³-hybridized carbons (Fsp3) is 0.733. The third-order valence-corrected chi connectivity index (χ3v) is 2.43. The van der Waals surface area contributed by atoms with Crippen molar-refractivity contribution in [3.8, 4) is 0 Å². The summed E-state index contributed by atoms with van der Waals surface area (Å²) in [5, 5.41) is 17.6. The molecule has 0 fully saturated rings. The SMILES string of the molecule is CC=CCC(C)C.CC=CCC(C)C(O)CO. The molecule has 0 heterocycles. The first-order chi connectivity index (χ1) is 7.99. The fourth-order valence-electron chi connectivity index (χ4n) is 1.10. The zero-order valence-electron chi connectivity index (χ0n) is 12.1. The zero-order chi connectivity index (χ0) is 13.7.